The molecule has 2 amide bonds. The number of thioether (sulfide) groups is 1. The molecule has 23 heavy (non-hydrogen) atoms. The van der Waals surface area contributed by atoms with Crippen molar-refractivity contribution >= 4 is 34.9 Å². The number of imide groups is 1. The van der Waals surface area contributed by atoms with Crippen LogP contribution in [0.4, 0.5) is 10.7 Å². The van der Waals surface area contributed by atoms with Crippen molar-refractivity contribution in [1.82, 2.24) is 25.1 Å². The maximum Gasteiger partial charge on any atom is 0.290 e. The van der Waals surface area contributed by atoms with Crippen LogP contribution in [-0.2, 0) is 4.79 Å². The summed E-state index contributed by atoms with van der Waals surface area (Å²) in [5, 5.41) is 6.09. The quantitative estimate of drug-likeness (QED) is 0.842. The number of anilines is 1. The minimum atomic E-state index is -0.386. The van der Waals surface area contributed by atoms with E-state index in [1.165, 1.54) is 0 Å². The zero-order valence-electron chi connectivity index (χ0n) is 11.9. The third-order valence-corrected chi connectivity index (χ3v) is 4.44. The van der Waals surface area contributed by atoms with Crippen LogP contribution in [0.15, 0.2) is 35.6 Å². The van der Waals surface area contributed by atoms with E-state index >= 15 is 0 Å². The van der Waals surface area contributed by atoms with Gasteiger partial charge in [0.1, 0.15) is 0 Å². The van der Waals surface area contributed by atoms with Gasteiger partial charge in [0.15, 0.2) is 0 Å². The van der Waals surface area contributed by atoms with Gasteiger partial charge in [-0.1, -0.05) is 0 Å². The Balaban J connectivity index is 1.49. The maximum absolute atomic E-state index is 11.6. The fourth-order valence-electron chi connectivity index (χ4n) is 2.43. The van der Waals surface area contributed by atoms with Gasteiger partial charge in [0.25, 0.3) is 11.1 Å². The average molecular weight is 328 g/mol. The van der Waals surface area contributed by atoms with Gasteiger partial charge in [-0.05, 0) is 30.0 Å². The standard InChI is InChI=1S/C14H12N6O2S/c21-12-11(23-14(22)18-12)6-9-2-4-15-13(17-9)19-7-10(8-19)20-5-1-3-16-20/h1-6,10H,7-8H2,(H,18,21,22). The lowest BCUT2D eigenvalue weighted by Crippen LogP contribution is -2.48. The van der Waals surface area contributed by atoms with Crippen LogP contribution in [-0.4, -0.2) is 44.0 Å². The van der Waals surface area contributed by atoms with E-state index in [9.17, 15) is 9.59 Å². The summed E-state index contributed by atoms with van der Waals surface area (Å²) in [5.74, 6) is 0.223. The fourth-order valence-corrected chi connectivity index (χ4v) is 3.10. The van der Waals surface area contributed by atoms with Crippen LogP contribution in [0.1, 0.15) is 11.7 Å². The average Bonchev–Trinajstić information content (AvgIpc) is 3.09. The first kappa shape index (κ1) is 13.9. The summed E-state index contributed by atoms with van der Waals surface area (Å²) in [6, 6.07) is 3.93. The van der Waals surface area contributed by atoms with Gasteiger partial charge in [0, 0.05) is 31.7 Å². The van der Waals surface area contributed by atoms with E-state index in [1.54, 1.807) is 24.5 Å². The summed E-state index contributed by atoms with van der Waals surface area (Å²) in [6.45, 7) is 1.57. The first-order valence-electron chi connectivity index (χ1n) is 7.01. The Morgan fingerprint density at radius 1 is 1.30 bits per heavy atom. The Bertz CT molecular complexity index is 797. The number of aromatic nitrogens is 4. The first-order chi connectivity index (χ1) is 11.2. The zero-order chi connectivity index (χ0) is 15.8. The highest BCUT2D eigenvalue weighted by atomic mass is 32.2. The molecule has 0 aliphatic carbocycles. The van der Waals surface area contributed by atoms with Crippen LogP contribution < -0.4 is 10.2 Å². The molecule has 9 heteroatoms. The lowest BCUT2D eigenvalue weighted by molar-refractivity contribution is -0.115. The second-order valence-electron chi connectivity index (χ2n) is 5.18. The van der Waals surface area contributed by atoms with E-state index in [0.29, 0.717) is 22.6 Å². The van der Waals surface area contributed by atoms with Gasteiger partial charge in [0.2, 0.25) is 5.95 Å². The van der Waals surface area contributed by atoms with Gasteiger partial charge >= 0.3 is 0 Å². The fraction of sp³-hybridized carbons (Fsp3) is 0.214. The lowest BCUT2D eigenvalue weighted by atomic mass is 10.1. The summed E-state index contributed by atoms with van der Waals surface area (Å²) in [6.07, 6.45) is 6.95. The molecule has 0 spiro atoms. The van der Waals surface area contributed by atoms with Gasteiger partial charge in [-0.2, -0.15) is 5.10 Å². The SMILES string of the molecule is O=C1NC(=O)C(=Cc2ccnc(N3CC(n4cccn4)C3)n2)S1. The van der Waals surface area contributed by atoms with Gasteiger partial charge in [-0.25, -0.2) is 9.97 Å². The van der Waals surface area contributed by atoms with Crippen LogP contribution in [0.3, 0.4) is 0 Å². The molecule has 2 aliphatic rings. The van der Waals surface area contributed by atoms with Crippen molar-refractivity contribution in [2.75, 3.05) is 18.0 Å². The molecule has 0 aromatic carbocycles. The van der Waals surface area contributed by atoms with Crippen molar-refractivity contribution < 1.29 is 9.59 Å². The molecule has 2 fully saturated rings. The van der Waals surface area contributed by atoms with Crippen molar-refractivity contribution in [2.24, 2.45) is 0 Å². The van der Waals surface area contributed by atoms with Crippen LogP contribution >= 0.6 is 11.8 Å². The second kappa shape index (κ2) is 5.51. The molecule has 0 radical (unpaired) electrons. The number of amides is 2. The molecule has 2 aromatic heterocycles. The molecule has 0 atom stereocenters. The van der Waals surface area contributed by atoms with Crippen molar-refractivity contribution in [1.29, 1.82) is 0 Å². The molecule has 1 N–H and O–H groups in total. The van der Waals surface area contributed by atoms with Crippen LogP contribution in [0.25, 0.3) is 6.08 Å². The molecule has 8 nitrogen and oxygen atoms in total. The molecular formula is C14H12N6O2S. The Labute approximate surface area is 135 Å². The van der Waals surface area contributed by atoms with E-state index in [4.69, 9.17) is 0 Å². The second-order valence-corrected chi connectivity index (χ2v) is 6.19. The summed E-state index contributed by atoms with van der Waals surface area (Å²) < 4.78 is 1.92. The van der Waals surface area contributed by atoms with E-state index in [2.05, 4.69) is 20.4 Å². The molecule has 2 aliphatic heterocycles. The zero-order valence-corrected chi connectivity index (χ0v) is 12.7. The van der Waals surface area contributed by atoms with E-state index in [0.717, 1.165) is 24.9 Å². The number of carbonyl (C=O) groups excluding carboxylic acids is 2. The van der Waals surface area contributed by atoms with Gasteiger partial charge < -0.3 is 4.90 Å². The van der Waals surface area contributed by atoms with Crippen LogP contribution in [0, 0.1) is 0 Å². The third-order valence-electron chi connectivity index (χ3n) is 3.63. The van der Waals surface area contributed by atoms with Gasteiger partial charge in [0.05, 0.1) is 16.6 Å². The highest BCUT2D eigenvalue weighted by Crippen LogP contribution is 2.27. The molecule has 2 saturated heterocycles. The summed E-state index contributed by atoms with van der Waals surface area (Å²) in [4.78, 5) is 33.8. The van der Waals surface area contributed by atoms with E-state index in [-0.39, 0.29) is 11.1 Å². The topological polar surface area (TPSA) is 93.0 Å². The van der Waals surface area contributed by atoms with Crippen molar-refractivity contribution in [3.05, 3.63) is 41.3 Å². The van der Waals surface area contributed by atoms with Crippen LogP contribution in [0.5, 0.6) is 0 Å². The molecular weight excluding hydrogens is 316 g/mol. The first-order valence-corrected chi connectivity index (χ1v) is 7.83. The van der Waals surface area contributed by atoms with Crippen LogP contribution in [0.2, 0.25) is 0 Å². The van der Waals surface area contributed by atoms with Gasteiger partial charge in [-0.3, -0.25) is 19.6 Å². The highest BCUT2D eigenvalue weighted by molar-refractivity contribution is 8.18. The predicted octanol–water partition coefficient (Wildman–Crippen LogP) is 1.06. The Kier molecular flexibility index (Phi) is 3.34. The largest absolute Gasteiger partial charge is 0.336 e. The number of nitrogens with zero attached hydrogens (tertiary/aromatic N) is 5. The number of nitrogens with one attached hydrogen (secondary N) is 1. The Morgan fingerprint density at radius 3 is 2.87 bits per heavy atom. The number of hydrogen-bond donors (Lipinski definition) is 1. The Hall–Kier alpha value is -2.68. The summed E-state index contributed by atoms with van der Waals surface area (Å²) in [5.41, 5.74) is 0.602. The highest BCUT2D eigenvalue weighted by Gasteiger charge is 2.30. The predicted molar refractivity (Wildman–Crippen MR) is 84.6 cm³/mol. The lowest BCUT2D eigenvalue weighted by Gasteiger charge is -2.39. The minimum absolute atomic E-state index is 0.324. The normalized spacial score (nSPS) is 20.0. The number of hydrogen-bond acceptors (Lipinski definition) is 7. The van der Waals surface area contributed by atoms with E-state index in [1.807, 2.05) is 21.8 Å². The molecule has 4 heterocycles. The van der Waals surface area contributed by atoms with E-state index < -0.39 is 0 Å². The molecule has 0 bridgehead atoms. The van der Waals surface area contributed by atoms with Gasteiger partial charge in [-0.15, -0.1) is 0 Å². The summed E-state index contributed by atoms with van der Waals surface area (Å²) >= 11 is 0.877. The molecule has 0 unspecified atom stereocenters. The molecule has 116 valence electrons. The molecule has 2 aromatic rings. The molecule has 4 rings (SSSR count). The van der Waals surface area contributed by atoms with Crippen molar-refractivity contribution in [2.45, 2.75) is 6.04 Å². The number of rotatable bonds is 3. The van der Waals surface area contributed by atoms with Crippen molar-refractivity contribution in [3.63, 3.8) is 0 Å². The smallest absolute Gasteiger partial charge is 0.290 e. The summed E-state index contributed by atoms with van der Waals surface area (Å²) in [7, 11) is 0. The third kappa shape index (κ3) is 2.70. The number of carbonyl (C=O) groups is 2. The molecule has 0 saturated carbocycles. The Morgan fingerprint density at radius 2 is 2.17 bits per heavy atom. The monoisotopic (exact) mass is 328 g/mol. The minimum Gasteiger partial charge on any atom is -0.336 e. The van der Waals surface area contributed by atoms with Crippen molar-refractivity contribution in [3.8, 4) is 0 Å². The maximum atomic E-state index is 11.6.